The molecule has 1 N–H and O–H groups in total. The average molecular weight is 442 g/mol. The van der Waals surface area contributed by atoms with Crippen LogP contribution in [0.2, 0.25) is 0 Å². The molecule has 7 heteroatoms. The lowest BCUT2D eigenvalue weighted by molar-refractivity contribution is -0.122. The lowest BCUT2D eigenvalue weighted by atomic mass is 10.1. The number of ether oxygens (including phenoxy) is 2. The third kappa shape index (κ3) is 4.77. The van der Waals surface area contributed by atoms with Crippen LogP contribution in [0.25, 0.3) is 6.08 Å². The molecule has 0 aromatic heterocycles. The Hall–Kier alpha value is -4.39. The summed E-state index contributed by atoms with van der Waals surface area (Å²) in [7, 11) is 1.51. The maximum atomic E-state index is 13.0. The van der Waals surface area contributed by atoms with Crippen LogP contribution in [0.1, 0.15) is 16.7 Å². The van der Waals surface area contributed by atoms with E-state index in [0.717, 1.165) is 16.0 Å². The summed E-state index contributed by atoms with van der Waals surface area (Å²) in [6, 6.07) is 20.9. The number of carbonyl (C=O) groups excluding carboxylic acids is 3. The molecule has 0 aliphatic carbocycles. The molecule has 0 spiro atoms. The Kier molecular flexibility index (Phi) is 6.22. The number of hydrogen-bond acceptors (Lipinski definition) is 5. The Morgan fingerprint density at radius 2 is 1.64 bits per heavy atom. The van der Waals surface area contributed by atoms with Gasteiger partial charge in [0.15, 0.2) is 11.5 Å². The van der Waals surface area contributed by atoms with Crippen molar-refractivity contribution in [3.8, 4) is 11.5 Å². The third-order valence-electron chi connectivity index (χ3n) is 5.13. The van der Waals surface area contributed by atoms with Gasteiger partial charge in [-0.15, -0.1) is 0 Å². The number of urea groups is 1. The molecule has 1 aliphatic heterocycles. The Morgan fingerprint density at radius 1 is 0.909 bits per heavy atom. The molecular formula is C26H22N2O5. The van der Waals surface area contributed by atoms with Crippen molar-refractivity contribution in [2.24, 2.45) is 0 Å². The van der Waals surface area contributed by atoms with Crippen molar-refractivity contribution >= 4 is 29.6 Å². The quantitative estimate of drug-likeness (QED) is 0.456. The van der Waals surface area contributed by atoms with Crippen LogP contribution in [0.15, 0.2) is 78.4 Å². The molecule has 3 aromatic carbocycles. The SMILES string of the molecule is COc1cc(C=C2C(=O)NC(=O)N(c3ccc(C)cc3)C2=O)ccc1OCc1ccccc1. The summed E-state index contributed by atoms with van der Waals surface area (Å²) in [4.78, 5) is 38.8. The van der Waals surface area contributed by atoms with Crippen LogP contribution in [0.5, 0.6) is 11.5 Å². The largest absolute Gasteiger partial charge is 0.493 e. The van der Waals surface area contributed by atoms with E-state index >= 15 is 0 Å². The Bertz CT molecular complexity index is 1230. The standard InChI is InChI=1S/C26H22N2O5/c1-17-8-11-20(12-9-17)28-25(30)21(24(29)27-26(28)31)14-19-10-13-22(23(15-19)32-2)33-16-18-6-4-3-5-7-18/h3-15H,16H2,1-2H3,(H,27,29,31). The van der Waals surface area contributed by atoms with E-state index in [2.05, 4.69) is 5.32 Å². The molecule has 0 unspecified atom stereocenters. The van der Waals surface area contributed by atoms with Crippen molar-refractivity contribution in [3.63, 3.8) is 0 Å². The number of methoxy groups -OCH3 is 1. The molecule has 0 atom stereocenters. The summed E-state index contributed by atoms with van der Waals surface area (Å²) in [5, 5.41) is 2.22. The van der Waals surface area contributed by atoms with Gasteiger partial charge in [-0.1, -0.05) is 54.1 Å². The molecule has 0 saturated carbocycles. The van der Waals surface area contributed by atoms with Crippen molar-refractivity contribution in [1.82, 2.24) is 5.32 Å². The highest BCUT2D eigenvalue weighted by Crippen LogP contribution is 2.30. The monoisotopic (exact) mass is 442 g/mol. The molecule has 0 bridgehead atoms. The van der Waals surface area contributed by atoms with E-state index in [0.29, 0.717) is 29.4 Å². The van der Waals surface area contributed by atoms with Gasteiger partial charge in [0.1, 0.15) is 12.2 Å². The van der Waals surface area contributed by atoms with E-state index in [1.165, 1.54) is 13.2 Å². The maximum Gasteiger partial charge on any atom is 0.335 e. The number of benzene rings is 3. The summed E-state index contributed by atoms with van der Waals surface area (Å²) in [6.45, 7) is 2.27. The van der Waals surface area contributed by atoms with E-state index in [9.17, 15) is 14.4 Å². The zero-order valence-electron chi connectivity index (χ0n) is 18.2. The Morgan fingerprint density at radius 3 is 2.33 bits per heavy atom. The summed E-state index contributed by atoms with van der Waals surface area (Å²) in [6.07, 6.45) is 1.43. The number of aryl methyl sites for hydroxylation is 1. The van der Waals surface area contributed by atoms with Crippen molar-refractivity contribution in [2.45, 2.75) is 13.5 Å². The molecule has 1 saturated heterocycles. The van der Waals surface area contributed by atoms with Crippen LogP contribution in [-0.4, -0.2) is 25.0 Å². The maximum absolute atomic E-state index is 13.0. The predicted molar refractivity (Wildman–Crippen MR) is 124 cm³/mol. The molecule has 3 aromatic rings. The number of amides is 4. The average Bonchev–Trinajstić information content (AvgIpc) is 2.82. The minimum Gasteiger partial charge on any atom is -0.493 e. The van der Waals surface area contributed by atoms with Gasteiger partial charge in [0.2, 0.25) is 0 Å². The lowest BCUT2D eigenvalue weighted by Crippen LogP contribution is -2.54. The smallest absolute Gasteiger partial charge is 0.335 e. The van der Waals surface area contributed by atoms with Gasteiger partial charge in [-0.25, -0.2) is 9.69 Å². The van der Waals surface area contributed by atoms with Gasteiger partial charge >= 0.3 is 6.03 Å². The number of barbiturate groups is 1. The first-order valence-electron chi connectivity index (χ1n) is 10.3. The number of imide groups is 2. The van der Waals surface area contributed by atoms with Gasteiger partial charge in [0.25, 0.3) is 11.8 Å². The summed E-state index contributed by atoms with van der Waals surface area (Å²) in [5.41, 5.74) is 2.77. The lowest BCUT2D eigenvalue weighted by Gasteiger charge is -2.26. The molecule has 1 fully saturated rings. The van der Waals surface area contributed by atoms with Gasteiger partial charge in [-0.2, -0.15) is 0 Å². The van der Waals surface area contributed by atoms with Crippen LogP contribution in [0.3, 0.4) is 0 Å². The van der Waals surface area contributed by atoms with Crippen molar-refractivity contribution in [1.29, 1.82) is 0 Å². The minimum absolute atomic E-state index is 0.157. The molecule has 1 aliphatic rings. The van der Waals surface area contributed by atoms with E-state index in [-0.39, 0.29) is 5.57 Å². The second-order valence-corrected chi connectivity index (χ2v) is 7.48. The Labute approximate surface area is 191 Å². The van der Waals surface area contributed by atoms with E-state index in [4.69, 9.17) is 9.47 Å². The molecule has 4 rings (SSSR count). The Balaban J connectivity index is 1.60. The fourth-order valence-corrected chi connectivity index (χ4v) is 3.38. The number of rotatable bonds is 6. The predicted octanol–water partition coefficient (Wildman–Crippen LogP) is 4.25. The zero-order valence-corrected chi connectivity index (χ0v) is 18.2. The molecule has 1 heterocycles. The van der Waals surface area contributed by atoms with E-state index < -0.39 is 17.8 Å². The topological polar surface area (TPSA) is 84.9 Å². The fraction of sp³-hybridized carbons (Fsp3) is 0.115. The highest BCUT2D eigenvalue weighted by molar-refractivity contribution is 6.39. The van der Waals surface area contributed by atoms with Crippen LogP contribution in [0.4, 0.5) is 10.5 Å². The highest BCUT2D eigenvalue weighted by atomic mass is 16.5. The van der Waals surface area contributed by atoms with E-state index in [1.54, 1.807) is 42.5 Å². The van der Waals surface area contributed by atoms with Crippen molar-refractivity contribution < 1.29 is 23.9 Å². The number of nitrogens with zero attached hydrogens (tertiary/aromatic N) is 1. The molecule has 166 valence electrons. The first-order chi connectivity index (χ1) is 16.0. The number of nitrogens with one attached hydrogen (secondary N) is 1. The number of carbonyl (C=O) groups is 3. The van der Waals surface area contributed by atoms with E-state index in [1.807, 2.05) is 37.3 Å². The minimum atomic E-state index is -0.784. The van der Waals surface area contributed by atoms with Crippen LogP contribution < -0.4 is 19.7 Å². The normalized spacial score (nSPS) is 14.9. The van der Waals surface area contributed by atoms with Gasteiger partial charge in [-0.3, -0.25) is 14.9 Å². The molecule has 0 radical (unpaired) electrons. The van der Waals surface area contributed by atoms with Gasteiger partial charge in [0, 0.05) is 0 Å². The second kappa shape index (κ2) is 9.40. The number of anilines is 1. The highest BCUT2D eigenvalue weighted by Gasteiger charge is 2.36. The molecule has 4 amide bonds. The molecule has 7 nitrogen and oxygen atoms in total. The van der Waals surface area contributed by atoms with Crippen LogP contribution in [0, 0.1) is 6.92 Å². The van der Waals surface area contributed by atoms with Crippen molar-refractivity contribution in [3.05, 3.63) is 95.1 Å². The first kappa shape index (κ1) is 21.8. The first-order valence-corrected chi connectivity index (χ1v) is 10.3. The van der Waals surface area contributed by atoms with Gasteiger partial charge in [0.05, 0.1) is 12.8 Å². The third-order valence-corrected chi connectivity index (χ3v) is 5.13. The number of hydrogen-bond donors (Lipinski definition) is 1. The van der Waals surface area contributed by atoms with Gasteiger partial charge in [-0.05, 0) is 48.4 Å². The summed E-state index contributed by atoms with van der Waals surface area (Å²) < 4.78 is 11.3. The summed E-state index contributed by atoms with van der Waals surface area (Å²) in [5.74, 6) is -0.470. The van der Waals surface area contributed by atoms with Crippen molar-refractivity contribution in [2.75, 3.05) is 12.0 Å². The van der Waals surface area contributed by atoms with Crippen LogP contribution in [-0.2, 0) is 16.2 Å². The van der Waals surface area contributed by atoms with Gasteiger partial charge < -0.3 is 9.47 Å². The molecule has 33 heavy (non-hydrogen) atoms. The molecular weight excluding hydrogens is 420 g/mol. The fourth-order valence-electron chi connectivity index (χ4n) is 3.38. The second-order valence-electron chi connectivity index (χ2n) is 7.48. The zero-order chi connectivity index (χ0) is 23.4. The summed E-state index contributed by atoms with van der Waals surface area (Å²) >= 11 is 0. The van der Waals surface area contributed by atoms with Crippen LogP contribution >= 0.6 is 0 Å².